The van der Waals surface area contributed by atoms with E-state index < -0.39 is 23.6 Å². The summed E-state index contributed by atoms with van der Waals surface area (Å²) in [6.07, 6.45) is 0.534. The Morgan fingerprint density at radius 3 is 1.39 bits per heavy atom. The Balaban J connectivity index is 1.45. The monoisotopic (exact) mass is 689 g/mol. The maximum absolute atomic E-state index is 13.6. The van der Waals surface area contributed by atoms with Gasteiger partial charge in [-0.25, -0.2) is 0 Å². The molecule has 51 heavy (non-hydrogen) atoms. The lowest BCUT2D eigenvalue weighted by Gasteiger charge is -2.08. The molecule has 16 nitrogen and oxygen atoms in total. The van der Waals surface area contributed by atoms with E-state index in [1.54, 1.807) is 81.1 Å². The predicted molar refractivity (Wildman–Crippen MR) is 190 cm³/mol. The summed E-state index contributed by atoms with van der Waals surface area (Å²) in [5, 5.41) is 8.78. The second-order valence-electron chi connectivity index (χ2n) is 12.2. The van der Waals surface area contributed by atoms with E-state index in [2.05, 4.69) is 20.2 Å². The number of aromatic nitrogens is 8. The van der Waals surface area contributed by atoms with E-state index in [0.717, 1.165) is 0 Å². The van der Waals surface area contributed by atoms with Crippen molar-refractivity contribution in [3.63, 3.8) is 0 Å². The number of rotatable bonds is 10. The Kier molecular flexibility index (Phi) is 9.21. The lowest BCUT2D eigenvalue weighted by Crippen LogP contribution is -2.32. The number of nitrogens with two attached hydrogens (primary N) is 2. The molecule has 0 saturated heterocycles. The van der Waals surface area contributed by atoms with E-state index in [1.165, 1.54) is 0 Å². The molecule has 0 aliphatic heterocycles. The zero-order valence-corrected chi connectivity index (χ0v) is 29.3. The van der Waals surface area contributed by atoms with Gasteiger partial charge in [-0.15, -0.1) is 0 Å². The molecule has 2 aromatic carbocycles. The molecule has 0 aliphatic carbocycles. The van der Waals surface area contributed by atoms with Crippen molar-refractivity contribution < 1.29 is 19.2 Å². The number of benzene rings is 2. The van der Waals surface area contributed by atoms with Gasteiger partial charge in [-0.2, -0.15) is 20.2 Å². The number of hydrogen-bond donors (Lipinski definition) is 2. The third-order valence-corrected chi connectivity index (χ3v) is 8.78. The average Bonchev–Trinajstić information content (AvgIpc) is 3.83. The number of imidazole rings is 2. The van der Waals surface area contributed by atoms with Gasteiger partial charge in [0.05, 0.1) is 33.5 Å². The molecule has 4 heterocycles. The van der Waals surface area contributed by atoms with Gasteiger partial charge in [0.15, 0.2) is 7.28 Å². The zero-order chi connectivity index (χ0) is 36.7. The van der Waals surface area contributed by atoms with Gasteiger partial charge >= 0.3 is 0 Å². The second-order valence-corrected chi connectivity index (χ2v) is 12.2. The lowest BCUT2D eigenvalue weighted by molar-refractivity contribution is 0.0977. The maximum Gasteiger partial charge on any atom is 0.298 e. The normalized spacial score (nSPS) is 12.4. The van der Waals surface area contributed by atoms with Gasteiger partial charge in [-0.3, -0.25) is 28.5 Å². The fourth-order valence-electron chi connectivity index (χ4n) is 6.30. The fraction of sp³-hybridized carbons (Fsp3) is 0.294. The zero-order valence-electron chi connectivity index (χ0n) is 29.3. The number of fused-ring (bicyclic) bond motifs is 2. The molecule has 4 N–H and O–H groups in total. The van der Waals surface area contributed by atoms with E-state index in [1.807, 2.05) is 44.1 Å². The highest BCUT2D eigenvalue weighted by molar-refractivity contribution is 6.32. The van der Waals surface area contributed by atoms with Crippen LogP contribution in [0.4, 0.5) is 0 Å². The topological polar surface area (TPSA) is 200 Å². The van der Waals surface area contributed by atoms with Crippen LogP contribution >= 0.6 is 0 Å². The van der Waals surface area contributed by atoms with Crippen LogP contribution in [0.25, 0.3) is 22.1 Å². The smallest absolute Gasteiger partial charge is 0.298 e. The van der Waals surface area contributed by atoms with Crippen LogP contribution in [-0.4, -0.2) is 68.7 Å². The fourth-order valence-corrected chi connectivity index (χ4v) is 6.30. The van der Waals surface area contributed by atoms with Crippen LogP contribution in [0.3, 0.4) is 0 Å². The molecule has 4 aromatic heterocycles. The summed E-state index contributed by atoms with van der Waals surface area (Å²) in [7, 11) is 5.48. The van der Waals surface area contributed by atoms with Crippen molar-refractivity contribution >= 4 is 53.0 Å². The summed E-state index contributed by atoms with van der Waals surface area (Å²) in [6.45, 7) is 8.41. The van der Waals surface area contributed by atoms with Crippen molar-refractivity contribution in [3.8, 4) is 0 Å². The lowest BCUT2D eigenvalue weighted by atomic mass is 9.78. The Morgan fingerprint density at radius 2 is 1.04 bits per heavy atom. The second kappa shape index (κ2) is 13.6. The van der Waals surface area contributed by atoms with Crippen LogP contribution in [-0.2, 0) is 40.1 Å². The van der Waals surface area contributed by atoms with E-state index in [-0.39, 0.29) is 12.9 Å². The van der Waals surface area contributed by atoms with Crippen LogP contribution in [0.5, 0.6) is 0 Å². The van der Waals surface area contributed by atoms with Gasteiger partial charge in [0, 0.05) is 38.3 Å². The molecule has 17 heteroatoms. The first-order chi connectivity index (χ1) is 24.3. The molecule has 0 spiro atoms. The molecule has 4 amide bonds. The van der Waals surface area contributed by atoms with E-state index >= 15 is 0 Å². The van der Waals surface area contributed by atoms with E-state index in [9.17, 15) is 19.2 Å². The highest BCUT2D eigenvalue weighted by Crippen LogP contribution is 2.18. The summed E-state index contributed by atoms with van der Waals surface area (Å²) in [5.74, 6) is -2.10. The Hall–Kier alpha value is -6.26. The number of carbonyl (C=O) groups is 4. The average molecular weight is 690 g/mol. The van der Waals surface area contributed by atoms with Crippen molar-refractivity contribution in [2.45, 2.75) is 53.7 Å². The molecule has 0 aliphatic rings. The Bertz CT molecular complexity index is 2360. The SMILES string of the molecule is CCn1nc(C)cc1C(=O)N=c1n(C)c2cc(C(N)=O)ccc2n1C[B]Cn1c(=NC(=O)c2cc(C)nn2CC)n(C)c2cc(C(N)=O)ccc21. The van der Waals surface area contributed by atoms with Crippen LogP contribution in [0.15, 0.2) is 58.5 Å². The number of aryl methyl sites for hydroxylation is 6. The molecule has 0 unspecified atom stereocenters. The Labute approximate surface area is 292 Å². The molecule has 6 aromatic rings. The molecule has 1 radical (unpaired) electrons. The molecule has 0 bridgehead atoms. The summed E-state index contributed by atoms with van der Waals surface area (Å²) in [4.78, 5) is 60.3. The number of carbonyl (C=O) groups excluding carboxylic acids is 4. The van der Waals surface area contributed by atoms with Crippen LogP contribution in [0.2, 0.25) is 0 Å². The molecule has 261 valence electrons. The third kappa shape index (κ3) is 6.33. The van der Waals surface area contributed by atoms with Crippen LogP contribution in [0.1, 0.15) is 66.9 Å². The van der Waals surface area contributed by atoms with Gasteiger partial charge in [0.2, 0.25) is 23.1 Å². The number of amides is 4. The highest BCUT2D eigenvalue weighted by Gasteiger charge is 2.19. The molecule has 0 saturated carbocycles. The minimum atomic E-state index is -0.581. The van der Waals surface area contributed by atoms with Gasteiger partial charge in [0.1, 0.15) is 11.4 Å². The minimum absolute atomic E-state index is 0.267. The first kappa shape index (κ1) is 34.6. The number of hydrogen-bond acceptors (Lipinski definition) is 6. The first-order valence-electron chi connectivity index (χ1n) is 16.4. The van der Waals surface area contributed by atoms with Crippen LogP contribution in [0, 0.1) is 13.8 Å². The maximum atomic E-state index is 13.6. The van der Waals surface area contributed by atoms with Crippen molar-refractivity contribution in [2.24, 2.45) is 35.5 Å². The Morgan fingerprint density at radius 1 is 0.647 bits per heavy atom. The molecular formula is C34H38BN12O4. The third-order valence-electron chi connectivity index (χ3n) is 8.78. The molecular weight excluding hydrogens is 651 g/mol. The first-order valence-corrected chi connectivity index (χ1v) is 16.4. The van der Waals surface area contributed by atoms with Crippen LogP contribution < -0.4 is 22.7 Å². The molecule has 0 fully saturated rings. The van der Waals surface area contributed by atoms with E-state index in [4.69, 9.17) is 11.5 Å². The highest BCUT2D eigenvalue weighted by atomic mass is 16.2. The van der Waals surface area contributed by atoms with Crippen molar-refractivity contribution in [1.29, 1.82) is 0 Å². The summed E-state index contributed by atoms with van der Waals surface area (Å²) < 4.78 is 10.4. The summed E-state index contributed by atoms with van der Waals surface area (Å²) in [6, 6.07) is 13.5. The number of primary amides is 2. The minimum Gasteiger partial charge on any atom is -0.366 e. The number of nitrogens with zero attached hydrogens (tertiary/aromatic N) is 10. The predicted octanol–water partition coefficient (Wildman–Crippen LogP) is 1.32. The summed E-state index contributed by atoms with van der Waals surface area (Å²) in [5.41, 5.74) is 17.3. The summed E-state index contributed by atoms with van der Waals surface area (Å²) >= 11 is 0. The van der Waals surface area contributed by atoms with Gasteiger partial charge in [-0.05, 0) is 89.1 Å². The molecule has 0 atom stereocenters. The van der Waals surface area contributed by atoms with Gasteiger partial charge in [0.25, 0.3) is 11.8 Å². The van der Waals surface area contributed by atoms with Crippen molar-refractivity contribution in [3.05, 3.63) is 93.7 Å². The van der Waals surface area contributed by atoms with Crippen molar-refractivity contribution in [1.82, 2.24) is 37.8 Å². The standard InChI is InChI=1S/C34H38BN12O4/c1-7-46-27(13-19(3)40-46)31(50)38-33-42(5)25-15-21(29(36)48)9-11-23(25)44(33)17-35-18-45-24-12-10-22(30(37)49)16-26(24)43(6)34(45)39-32(51)28-14-20(4)41-47(28)8-2/h9-16H,7-8,17-18H2,1-6H3,(H2,36,48)(H2,37,49). The van der Waals surface area contributed by atoms with Gasteiger partial charge in [-0.1, -0.05) is 0 Å². The van der Waals surface area contributed by atoms with E-state index in [0.29, 0.717) is 80.3 Å². The quantitative estimate of drug-likeness (QED) is 0.203. The largest absolute Gasteiger partial charge is 0.366 e. The van der Waals surface area contributed by atoms with Gasteiger partial charge < -0.3 is 29.7 Å². The van der Waals surface area contributed by atoms with Crippen molar-refractivity contribution in [2.75, 3.05) is 0 Å². The molecule has 6 rings (SSSR count).